The monoisotopic (exact) mass is 267 g/mol. The van der Waals surface area contributed by atoms with Gasteiger partial charge in [0.1, 0.15) is 5.76 Å². The molecular formula is C14H21NO4. The molecule has 1 aliphatic carbocycles. The number of hydrogen-bond acceptors (Lipinski definition) is 4. The van der Waals surface area contributed by atoms with Crippen molar-refractivity contribution in [2.45, 2.75) is 46.0 Å². The van der Waals surface area contributed by atoms with Crippen LogP contribution < -0.4 is 0 Å². The molecule has 1 fully saturated rings. The van der Waals surface area contributed by atoms with E-state index in [1.807, 2.05) is 6.92 Å². The Labute approximate surface area is 113 Å². The molecule has 1 unspecified atom stereocenters. The maximum Gasteiger partial charge on any atom is 0.307 e. The van der Waals surface area contributed by atoms with Crippen LogP contribution in [0.4, 0.5) is 0 Å². The minimum atomic E-state index is -0.980. The molecule has 0 aliphatic heterocycles. The summed E-state index contributed by atoms with van der Waals surface area (Å²) >= 11 is 0. The first-order valence-corrected chi connectivity index (χ1v) is 6.73. The fourth-order valence-electron chi connectivity index (χ4n) is 2.09. The van der Waals surface area contributed by atoms with E-state index in [1.165, 1.54) is 0 Å². The van der Waals surface area contributed by atoms with Crippen molar-refractivity contribution < 1.29 is 19.8 Å². The molecule has 0 aromatic heterocycles. The van der Waals surface area contributed by atoms with Crippen LogP contribution in [0.5, 0.6) is 0 Å². The predicted molar refractivity (Wildman–Crippen MR) is 72.5 cm³/mol. The van der Waals surface area contributed by atoms with Gasteiger partial charge >= 0.3 is 5.97 Å². The van der Waals surface area contributed by atoms with E-state index in [9.17, 15) is 14.7 Å². The van der Waals surface area contributed by atoms with Crippen molar-refractivity contribution in [3.05, 3.63) is 11.3 Å². The van der Waals surface area contributed by atoms with E-state index in [-0.39, 0.29) is 30.0 Å². The number of carboxylic acid groups (broad SMARTS) is 1. The molecule has 0 aromatic carbocycles. The molecule has 0 spiro atoms. The van der Waals surface area contributed by atoms with E-state index in [0.717, 1.165) is 12.8 Å². The first-order valence-electron chi connectivity index (χ1n) is 6.73. The molecular weight excluding hydrogens is 246 g/mol. The minimum Gasteiger partial charge on any atom is -0.512 e. The Kier molecular flexibility index (Phi) is 5.73. The largest absolute Gasteiger partial charge is 0.512 e. The van der Waals surface area contributed by atoms with Gasteiger partial charge in [0, 0.05) is 31.5 Å². The molecule has 1 saturated carbocycles. The fourth-order valence-corrected chi connectivity index (χ4v) is 2.09. The first-order chi connectivity index (χ1) is 9.01. The first kappa shape index (κ1) is 15.4. The van der Waals surface area contributed by atoms with Gasteiger partial charge in [0.25, 0.3) is 0 Å². The molecule has 1 atom stereocenters. The molecule has 0 bridgehead atoms. The highest BCUT2D eigenvalue weighted by Crippen LogP contribution is 2.26. The van der Waals surface area contributed by atoms with Gasteiger partial charge in [-0.05, 0) is 6.42 Å². The standard InChI is InChI=1S/C14H21NO4/c1-3-5-6-15-10-7-9(14(18)19)8-12(17)13(10)11(16)4-2/h9,16H,3-8H2,1-2H3,(H,18,19)/b13-11-,15-10?. The van der Waals surface area contributed by atoms with E-state index in [4.69, 9.17) is 5.11 Å². The topological polar surface area (TPSA) is 87.0 Å². The predicted octanol–water partition coefficient (Wildman–Crippen LogP) is 2.51. The van der Waals surface area contributed by atoms with Crippen LogP contribution in [0.2, 0.25) is 0 Å². The lowest BCUT2D eigenvalue weighted by Gasteiger charge is -2.22. The molecule has 0 radical (unpaired) electrons. The highest BCUT2D eigenvalue weighted by Gasteiger charge is 2.34. The van der Waals surface area contributed by atoms with Crippen LogP contribution in [0, 0.1) is 5.92 Å². The number of aliphatic hydroxyl groups is 1. The lowest BCUT2D eigenvalue weighted by molar-refractivity contribution is -0.143. The fraction of sp³-hybridized carbons (Fsp3) is 0.643. The Morgan fingerprint density at radius 2 is 2.00 bits per heavy atom. The number of nitrogens with zero attached hydrogens (tertiary/aromatic N) is 1. The lowest BCUT2D eigenvalue weighted by Crippen LogP contribution is -2.31. The van der Waals surface area contributed by atoms with Crippen LogP contribution in [0.1, 0.15) is 46.0 Å². The van der Waals surface area contributed by atoms with Gasteiger partial charge in [-0.25, -0.2) is 0 Å². The van der Waals surface area contributed by atoms with Crippen molar-refractivity contribution >= 4 is 17.5 Å². The molecule has 0 aromatic rings. The van der Waals surface area contributed by atoms with Crippen molar-refractivity contribution in [1.82, 2.24) is 0 Å². The van der Waals surface area contributed by atoms with Crippen molar-refractivity contribution in [3.63, 3.8) is 0 Å². The summed E-state index contributed by atoms with van der Waals surface area (Å²) in [5.41, 5.74) is 0.701. The summed E-state index contributed by atoms with van der Waals surface area (Å²) in [7, 11) is 0. The van der Waals surface area contributed by atoms with Gasteiger partial charge in [-0.3, -0.25) is 14.6 Å². The number of carboxylic acids is 1. The molecule has 5 heteroatoms. The molecule has 0 saturated heterocycles. The van der Waals surface area contributed by atoms with E-state index < -0.39 is 11.9 Å². The summed E-state index contributed by atoms with van der Waals surface area (Å²) in [6.07, 6.45) is 2.39. The van der Waals surface area contributed by atoms with Gasteiger partial charge in [0.15, 0.2) is 5.78 Å². The Balaban J connectivity index is 3.04. The quantitative estimate of drug-likeness (QED) is 0.455. The van der Waals surface area contributed by atoms with E-state index in [2.05, 4.69) is 4.99 Å². The molecule has 0 amide bonds. The SMILES string of the molecule is CCCCN=C1CC(C(=O)O)CC(=O)/C1=C(\O)CC. The van der Waals surface area contributed by atoms with Crippen LogP contribution in [-0.2, 0) is 9.59 Å². The third-order valence-corrected chi connectivity index (χ3v) is 3.23. The zero-order chi connectivity index (χ0) is 14.4. The van der Waals surface area contributed by atoms with Crippen molar-refractivity contribution in [1.29, 1.82) is 0 Å². The number of Topliss-reactive ketones (excluding diaryl/α,β-unsaturated/α-hetero) is 1. The maximum absolute atomic E-state index is 12.0. The van der Waals surface area contributed by atoms with E-state index >= 15 is 0 Å². The van der Waals surface area contributed by atoms with Crippen molar-refractivity contribution in [2.24, 2.45) is 10.9 Å². The average Bonchev–Trinajstić information content (AvgIpc) is 2.37. The smallest absolute Gasteiger partial charge is 0.307 e. The van der Waals surface area contributed by atoms with Crippen LogP contribution in [-0.4, -0.2) is 34.2 Å². The second-order valence-electron chi connectivity index (χ2n) is 4.72. The highest BCUT2D eigenvalue weighted by molar-refractivity contribution is 6.25. The molecule has 2 N–H and O–H groups in total. The Bertz CT molecular complexity index is 423. The molecule has 19 heavy (non-hydrogen) atoms. The molecule has 106 valence electrons. The summed E-state index contributed by atoms with van der Waals surface area (Å²) < 4.78 is 0. The summed E-state index contributed by atoms with van der Waals surface area (Å²) in [6.45, 7) is 4.35. The molecule has 1 aliphatic rings. The number of carbonyl (C=O) groups is 2. The summed E-state index contributed by atoms with van der Waals surface area (Å²) in [5, 5.41) is 18.9. The van der Waals surface area contributed by atoms with Crippen LogP contribution in [0.3, 0.4) is 0 Å². The van der Waals surface area contributed by atoms with Crippen molar-refractivity contribution in [2.75, 3.05) is 6.54 Å². The number of unbranched alkanes of at least 4 members (excludes halogenated alkanes) is 1. The summed E-state index contributed by atoms with van der Waals surface area (Å²) in [6, 6.07) is 0. The molecule has 5 nitrogen and oxygen atoms in total. The molecule has 1 rings (SSSR count). The molecule has 0 heterocycles. The zero-order valence-electron chi connectivity index (χ0n) is 11.5. The maximum atomic E-state index is 12.0. The third-order valence-electron chi connectivity index (χ3n) is 3.23. The number of hydrogen-bond donors (Lipinski definition) is 2. The number of aliphatic hydroxyl groups excluding tert-OH is 1. The second-order valence-corrected chi connectivity index (χ2v) is 4.72. The minimum absolute atomic E-state index is 0.0177. The number of ketones is 1. The van der Waals surface area contributed by atoms with E-state index in [0.29, 0.717) is 18.7 Å². The van der Waals surface area contributed by atoms with Gasteiger partial charge < -0.3 is 10.2 Å². The van der Waals surface area contributed by atoms with Crippen molar-refractivity contribution in [3.8, 4) is 0 Å². The van der Waals surface area contributed by atoms with E-state index in [1.54, 1.807) is 6.92 Å². The van der Waals surface area contributed by atoms with Gasteiger partial charge in [-0.1, -0.05) is 20.3 Å². The number of carbonyl (C=O) groups excluding carboxylic acids is 1. The Hall–Kier alpha value is -1.65. The normalized spacial score (nSPS) is 24.6. The third kappa shape index (κ3) is 3.91. The van der Waals surface area contributed by atoms with Gasteiger partial charge in [-0.2, -0.15) is 0 Å². The average molecular weight is 267 g/mol. The Morgan fingerprint density at radius 1 is 1.32 bits per heavy atom. The van der Waals surface area contributed by atoms with Crippen LogP contribution >= 0.6 is 0 Å². The number of rotatable bonds is 5. The van der Waals surface area contributed by atoms with Crippen LogP contribution in [0.25, 0.3) is 0 Å². The van der Waals surface area contributed by atoms with Crippen LogP contribution in [0.15, 0.2) is 16.3 Å². The zero-order valence-corrected chi connectivity index (χ0v) is 11.5. The summed E-state index contributed by atoms with van der Waals surface area (Å²) in [5.74, 6) is -2.00. The lowest BCUT2D eigenvalue weighted by atomic mass is 9.82. The number of allylic oxidation sites excluding steroid dienone is 2. The number of aliphatic imine (C=N–C) groups is 1. The Morgan fingerprint density at radius 3 is 2.53 bits per heavy atom. The van der Waals surface area contributed by atoms with Gasteiger partial charge in [0.2, 0.25) is 0 Å². The highest BCUT2D eigenvalue weighted by atomic mass is 16.4. The van der Waals surface area contributed by atoms with Gasteiger partial charge in [0.05, 0.1) is 11.5 Å². The van der Waals surface area contributed by atoms with Gasteiger partial charge in [-0.15, -0.1) is 0 Å². The second kappa shape index (κ2) is 7.07. The summed E-state index contributed by atoms with van der Waals surface area (Å²) in [4.78, 5) is 27.3. The number of aliphatic carboxylic acids is 1.